The molecule has 4 aromatic rings. The van der Waals surface area contributed by atoms with E-state index in [1.165, 1.54) is 0 Å². The second kappa shape index (κ2) is 7.22. The molecule has 32 heavy (non-hydrogen) atoms. The number of ether oxygens (including phenoxy) is 1. The molecular formula is C23H26N6O3. The van der Waals surface area contributed by atoms with E-state index >= 15 is 0 Å². The van der Waals surface area contributed by atoms with E-state index in [0.29, 0.717) is 25.2 Å². The average molecular weight is 435 g/mol. The Balaban J connectivity index is 1.54. The van der Waals surface area contributed by atoms with Gasteiger partial charge in [0.15, 0.2) is 5.65 Å². The number of carbonyl (C=O) groups is 1. The van der Waals surface area contributed by atoms with Crippen LogP contribution in [-0.2, 0) is 11.8 Å². The Labute approximate surface area is 184 Å². The number of hydrogen-bond acceptors (Lipinski definition) is 5. The lowest BCUT2D eigenvalue weighted by Gasteiger charge is -2.24. The van der Waals surface area contributed by atoms with Gasteiger partial charge in [0.05, 0.1) is 29.0 Å². The van der Waals surface area contributed by atoms with Crippen molar-refractivity contribution >= 4 is 22.8 Å². The summed E-state index contributed by atoms with van der Waals surface area (Å²) < 4.78 is 10.6. The van der Waals surface area contributed by atoms with Gasteiger partial charge < -0.3 is 9.64 Å². The first-order chi connectivity index (χ1) is 15.2. The minimum Gasteiger partial charge on any atom is -0.444 e. The van der Waals surface area contributed by atoms with Crippen LogP contribution < -0.4 is 5.69 Å². The van der Waals surface area contributed by atoms with Crippen molar-refractivity contribution in [2.75, 3.05) is 13.1 Å². The van der Waals surface area contributed by atoms with Gasteiger partial charge in [-0.1, -0.05) is 6.07 Å². The van der Waals surface area contributed by atoms with Crippen molar-refractivity contribution in [1.29, 1.82) is 0 Å². The topological polar surface area (TPSA) is 86.7 Å². The van der Waals surface area contributed by atoms with Crippen molar-refractivity contribution in [1.82, 2.24) is 28.6 Å². The number of likely N-dealkylation sites (tertiary alicyclic amines) is 1. The lowest BCUT2D eigenvalue weighted by atomic mass is 10.2. The molecule has 4 aromatic heterocycles. The van der Waals surface area contributed by atoms with E-state index in [-0.39, 0.29) is 17.8 Å². The fourth-order valence-electron chi connectivity index (χ4n) is 4.29. The molecule has 0 bridgehead atoms. The molecule has 0 radical (unpaired) electrons. The van der Waals surface area contributed by atoms with Crippen LogP contribution in [0.5, 0.6) is 0 Å². The minimum absolute atomic E-state index is 0.138. The van der Waals surface area contributed by atoms with Gasteiger partial charge in [0.1, 0.15) is 5.60 Å². The maximum Gasteiger partial charge on any atom is 0.410 e. The van der Waals surface area contributed by atoms with Crippen molar-refractivity contribution in [3.05, 3.63) is 53.2 Å². The Hall–Kier alpha value is -3.62. The summed E-state index contributed by atoms with van der Waals surface area (Å²) in [5, 5.41) is 4.40. The first-order valence-electron chi connectivity index (χ1n) is 10.7. The first kappa shape index (κ1) is 20.3. The summed E-state index contributed by atoms with van der Waals surface area (Å²) in [6.07, 6.45) is 3.99. The third-order valence-electron chi connectivity index (χ3n) is 5.82. The van der Waals surface area contributed by atoms with Crippen LogP contribution >= 0.6 is 0 Å². The van der Waals surface area contributed by atoms with Crippen molar-refractivity contribution in [2.24, 2.45) is 7.05 Å². The first-order valence-corrected chi connectivity index (χ1v) is 10.7. The number of aryl methyl sites for hydroxylation is 1. The molecule has 1 fully saturated rings. The van der Waals surface area contributed by atoms with Gasteiger partial charge in [-0.3, -0.25) is 9.13 Å². The highest BCUT2D eigenvalue weighted by atomic mass is 16.6. The van der Waals surface area contributed by atoms with Crippen molar-refractivity contribution < 1.29 is 9.53 Å². The third kappa shape index (κ3) is 3.34. The van der Waals surface area contributed by atoms with Gasteiger partial charge in [0.25, 0.3) is 0 Å². The van der Waals surface area contributed by atoms with Crippen LogP contribution in [0.15, 0.2) is 47.5 Å². The number of imidazole rings is 1. The van der Waals surface area contributed by atoms with Crippen LogP contribution in [-0.4, -0.2) is 53.4 Å². The zero-order valence-corrected chi connectivity index (χ0v) is 18.6. The molecule has 0 spiro atoms. The van der Waals surface area contributed by atoms with Crippen LogP contribution in [0.4, 0.5) is 4.79 Å². The molecule has 1 aliphatic heterocycles. The van der Waals surface area contributed by atoms with Crippen molar-refractivity contribution in [3.63, 3.8) is 0 Å². The fourth-order valence-corrected chi connectivity index (χ4v) is 4.29. The number of fused-ring (bicyclic) bond motifs is 2. The second-order valence-electron chi connectivity index (χ2n) is 9.21. The monoisotopic (exact) mass is 434 g/mol. The largest absolute Gasteiger partial charge is 0.444 e. The zero-order valence-electron chi connectivity index (χ0n) is 18.6. The molecule has 166 valence electrons. The Morgan fingerprint density at radius 1 is 1.16 bits per heavy atom. The predicted octanol–water partition coefficient (Wildman–Crippen LogP) is 3.23. The van der Waals surface area contributed by atoms with E-state index in [2.05, 4.69) is 5.10 Å². The number of pyridine rings is 2. The standard InChI is InChI=1S/C23H26N6O3/c1-23(2,3)32-22(31)27-12-10-15(14-27)29-20-19(26(4)21(29)30)9-8-17(25-20)16-13-24-28-11-6-5-7-18(16)28/h5-9,11,13,15H,10,12,14H2,1-4H3/t15-/m1/s1. The fraction of sp³-hybridized carbons (Fsp3) is 0.391. The van der Waals surface area contributed by atoms with Crippen molar-refractivity contribution in [2.45, 2.75) is 38.8 Å². The molecule has 0 unspecified atom stereocenters. The number of nitrogens with zero attached hydrogens (tertiary/aromatic N) is 6. The molecule has 5 rings (SSSR count). The number of hydrogen-bond donors (Lipinski definition) is 0. The van der Waals surface area contributed by atoms with Gasteiger partial charge in [0, 0.05) is 31.9 Å². The Morgan fingerprint density at radius 2 is 1.97 bits per heavy atom. The summed E-state index contributed by atoms with van der Waals surface area (Å²) >= 11 is 0. The predicted molar refractivity (Wildman–Crippen MR) is 121 cm³/mol. The molecule has 9 heteroatoms. The molecule has 0 saturated carbocycles. The number of amides is 1. The summed E-state index contributed by atoms with van der Waals surface area (Å²) in [6.45, 7) is 6.49. The van der Waals surface area contributed by atoms with Crippen LogP contribution in [0.1, 0.15) is 33.2 Å². The van der Waals surface area contributed by atoms with Crippen LogP contribution in [0.2, 0.25) is 0 Å². The summed E-state index contributed by atoms with van der Waals surface area (Å²) in [4.78, 5) is 32.2. The highest BCUT2D eigenvalue weighted by molar-refractivity contribution is 5.82. The highest BCUT2D eigenvalue weighted by Crippen LogP contribution is 2.28. The molecule has 0 aromatic carbocycles. The van der Waals surface area contributed by atoms with Crippen LogP contribution in [0.25, 0.3) is 27.9 Å². The van der Waals surface area contributed by atoms with Gasteiger partial charge in [-0.2, -0.15) is 5.10 Å². The van der Waals surface area contributed by atoms with E-state index in [4.69, 9.17) is 9.72 Å². The minimum atomic E-state index is -0.559. The normalized spacial score (nSPS) is 16.9. The molecule has 9 nitrogen and oxygen atoms in total. The number of rotatable bonds is 2. The van der Waals surface area contributed by atoms with Crippen LogP contribution in [0.3, 0.4) is 0 Å². The molecule has 5 heterocycles. The van der Waals surface area contributed by atoms with Gasteiger partial charge in [-0.15, -0.1) is 0 Å². The Kier molecular flexibility index (Phi) is 4.58. The van der Waals surface area contributed by atoms with Gasteiger partial charge in [-0.25, -0.2) is 19.1 Å². The summed E-state index contributed by atoms with van der Waals surface area (Å²) in [5.41, 5.74) is 3.27. The smallest absolute Gasteiger partial charge is 0.410 e. The molecule has 0 aliphatic carbocycles. The van der Waals surface area contributed by atoms with E-state index in [1.807, 2.05) is 57.3 Å². The van der Waals surface area contributed by atoms with Gasteiger partial charge >= 0.3 is 11.8 Å². The average Bonchev–Trinajstić information content (AvgIpc) is 3.44. The van der Waals surface area contributed by atoms with Gasteiger partial charge in [-0.05, 0) is 51.5 Å². The van der Waals surface area contributed by atoms with E-state index in [1.54, 1.807) is 31.8 Å². The molecule has 1 saturated heterocycles. The molecule has 0 N–H and O–H groups in total. The summed E-state index contributed by atoms with van der Waals surface area (Å²) in [7, 11) is 1.75. The zero-order chi connectivity index (χ0) is 22.6. The highest BCUT2D eigenvalue weighted by Gasteiger charge is 2.33. The Morgan fingerprint density at radius 3 is 2.75 bits per heavy atom. The van der Waals surface area contributed by atoms with E-state index in [0.717, 1.165) is 22.3 Å². The van der Waals surface area contributed by atoms with E-state index in [9.17, 15) is 9.59 Å². The lowest BCUT2D eigenvalue weighted by molar-refractivity contribution is 0.0289. The Bertz CT molecular complexity index is 1390. The maximum absolute atomic E-state index is 13.1. The summed E-state index contributed by atoms with van der Waals surface area (Å²) in [5.74, 6) is 0. The molecule has 1 aliphatic rings. The number of carbonyl (C=O) groups excluding carboxylic acids is 1. The van der Waals surface area contributed by atoms with Crippen molar-refractivity contribution in [3.8, 4) is 11.3 Å². The third-order valence-corrected chi connectivity index (χ3v) is 5.82. The molecule has 1 atom stereocenters. The van der Waals surface area contributed by atoms with Crippen LogP contribution in [0, 0.1) is 0 Å². The van der Waals surface area contributed by atoms with Gasteiger partial charge in [0.2, 0.25) is 0 Å². The maximum atomic E-state index is 13.1. The number of aromatic nitrogens is 5. The molecule has 1 amide bonds. The second-order valence-corrected chi connectivity index (χ2v) is 9.21. The lowest BCUT2D eigenvalue weighted by Crippen LogP contribution is -2.36. The molecular weight excluding hydrogens is 408 g/mol. The summed E-state index contributed by atoms with van der Waals surface area (Å²) in [6, 6.07) is 9.54. The quantitative estimate of drug-likeness (QED) is 0.483. The SMILES string of the molecule is Cn1c(=O)n([C@@H]2CCN(C(=O)OC(C)(C)C)C2)c2nc(-c3cnn4ccccc34)ccc21. The van der Waals surface area contributed by atoms with E-state index < -0.39 is 5.60 Å².